The lowest BCUT2D eigenvalue weighted by molar-refractivity contribution is 0.0478. The van der Waals surface area contributed by atoms with Gasteiger partial charge in [-0.25, -0.2) is 13.6 Å². The molecule has 156 valence electrons. The zero-order valence-corrected chi connectivity index (χ0v) is 19.1. The molecule has 2 rings (SSSR count). The summed E-state index contributed by atoms with van der Waals surface area (Å²) >= 11 is 3.33. The second kappa shape index (κ2) is 9.84. The molecule has 0 unspecified atom stereocenters. The van der Waals surface area contributed by atoms with Crippen LogP contribution in [0.2, 0.25) is 25.7 Å². The van der Waals surface area contributed by atoms with Crippen LogP contribution in [0.3, 0.4) is 0 Å². The van der Waals surface area contributed by atoms with Gasteiger partial charge in [-0.05, 0) is 47.1 Å². The number of aromatic nitrogens is 1. The third-order valence-electron chi connectivity index (χ3n) is 4.04. The first-order chi connectivity index (χ1) is 13.1. The molecule has 0 radical (unpaired) electrons. The van der Waals surface area contributed by atoms with E-state index >= 15 is 0 Å². The maximum Gasteiger partial charge on any atom is 0.355 e. The lowest BCUT2D eigenvalue weighted by Crippen LogP contribution is -2.22. The van der Waals surface area contributed by atoms with Gasteiger partial charge in [0.1, 0.15) is 24.8 Å². The summed E-state index contributed by atoms with van der Waals surface area (Å²) in [6.07, 6.45) is -2.60. The van der Waals surface area contributed by atoms with E-state index in [1.54, 1.807) is 29.7 Å². The lowest BCUT2D eigenvalue weighted by atomic mass is 10.2. The van der Waals surface area contributed by atoms with Crippen LogP contribution < -0.4 is 4.74 Å². The van der Waals surface area contributed by atoms with E-state index in [9.17, 15) is 13.6 Å². The first kappa shape index (κ1) is 22.8. The van der Waals surface area contributed by atoms with Gasteiger partial charge in [-0.3, -0.25) is 0 Å². The van der Waals surface area contributed by atoms with Crippen LogP contribution in [0.1, 0.15) is 17.4 Å². The van der Waals surface area contributed by atoms with Crippen molar-refractivity contribution in [2.75, 3.05) is 19.8 Å². The number of carbonyl (C=O) groups excluding carboxylic acids is 1. The van der Waals surface area contributed by atoms with Crippen LogP contribution >= 0.6 is 15.9 Å². The fourth-order valence-electron chi connectivity index (χ4n) is 2.62. The monoisotopic (exact) mass is 477 g/mol. The maximum absolute atomic E-state index is 12.6. The number of hydrogen-bond donors (Lipinski definition) is 0. The van der Waals surface area contributed by atoms with Crippen molar-refractivity contribution in [3.63, 3.8) is 0 Å². The van der Waals surface area contributed by atoms with Gasteiger partial charge < -0.3 is 18.8 Å². The number of alkyl halides is 2. The Balaban J connectivity index is 2.39. The second-order valence-corrected chi connectivity index (χ2v) is 14.0. The average molecular weight is 478 g/mol. The van der Waals surface area contributed by atoms with Crippen molar-refractivity contribution in [1.82, 2.24) is 4.57 Å². The van der Waals surface area contributed by atoms with E-state index in [0.29, 0.717) is 27.7 Å². The van der Waals surface area contributed by atoms with Gasteiger partial charge in [0.2, 0.25) is 0 Å². The molecule has 1 aromatic carbocycles. The second-order valence-electron chi connectivity index (χ2n) is 7.54. The Kier molecular flexibility index (Phi) is 8.03. The Morgan fingerprint density at radius 2 is 2.00 bits per heavy atom. The van der Waals surface area contributed by atoms with Crippen molar-refractivity contribution in [2.24, 2.45) is 0 Å². The Labute approximate surface area is 173 Å². The topological polar surface area (TPSA) is 49.7 Å². The molecule has 0 atom stereocenters. The molecule has 0 aliphatic carbocycles. The summed E-state index contributed by atoms with van der Waals surface area (Å²) in [5.41, 5.74) is 0.952. The fraction of sp³-hybridized carbons (Fsp3) is 0.526. The SMILES string of the molecule is CCOC(=O)c1cc2c(OCC(F)F)c(Br)ccc2n1COCC[Si](C)(C)C. The van der Waals surface area contributed by atoms with Gasteiger partial charge in [0.05, 0.1) is 16.6 Å². The molecule has 9 heteroatoms. The zero-order valence-electron chi connectivity index (χ0n) is 16.6. The van der Waals surface area contributed by atoms with Crippen LogP contribution in [-0.4, -0.2) is 44.9 Å². The Morgan fingerprint density at radius 3 is 2.61 bits per heavy atom. The van der Waals surface area contributed by atoms with Crippen LogP contribution in [0, 0.1) is 0 Å². The molecular weight excluding hydrogens is 452 g/mol. The standard InChI is InChI=1S/C19H26BrF2NO4Si/c1-5-26-19(24)16-10-13-15(23(16)12-25-8-9-28(2,3)4)7-6-14(20)18(13)27-11-17(21)22/h6-7,10,17H,5,8-9,11-12H2,1-4H3. The number of fused-ring (bicyclic) bond motifs is 1. The predicted octanol–water partition coefficient (Wildman–Crippen LogP) is 5.54. The summed E-state index contributed by atoms with van der Waals surface area (Å²) in [5.74, 6) is -0.229. The van der Waals surface area contributed by atoms with Crippen molar-refractivity contribution in [2.45, 2.75) is 45.8 Å². The number of esters is 1. The summed E-state index contributed by atoms with van der Waals surface area (Å²) in [6.45, 7) is 8.75. The molecule has 0 saturated heterocycles. The summed E-state index contributed by atoms with van der Waals surface area (Å²) in [4.78, 5) is 12.4. The van der Waals surface area contributed by atoms with Gasteiger partial charge in [-0.1, -0.05) is 19.6 Å². The number of halogens is 3. The molecule has 0 fully saturated rings. The molecule has 1 aromatic heterocycles. The maximum atomic E-state index is 12.6. The summed E-state index contributed by atoms with van der Waals surface area (Å²) in [6, 6.07) is 6.09. The molecule has 5 nitrogen and oxygen atoms in total. The van der Waals surface area contributed by atoms with E-state index in [-0.39, 0.29) is 19.1 Å². The van der Waals surface area contributed by atoms with Crippen LogP contribution in [0.4, 0.5) is 8.78 Å². The minimum absolute atomic E-state index is 0.165. The number of carbonyl (C=O) groups is 1. The highest BCUT2D eigenvalue weighted by molar-refractivity contribution is 9.10. The highest BCUT2D eigenvalue weighted by Gasteiger charge is 2.21. The largest absolute Gasteiger partial charge is 0.486 e. The van der Waals surface area contributed by atoms with Gasteiger partial charge in [-0.2, -0.15) is 0 Å². The molecule has 28 heavy (non-hydrogen) atoms. The average Bonchev–Trinajstić information content (AvgIpc) is 2.96. The van der Waals surface area contributed by atoms with E-state index < -0.39 is 27.1 Å². The van der Waals surface area contributed by atoms with Gasteiger partial charge >= 0.3 is 5.97 Å². The predicted molar refractivity (Wildman–Crippen MR) is 111 cm³/mol. The van der Waals surface area contributed by atoms with E-state index in [1.165, 1.54) is 0 Å². The molecule has 0 saturated carbocycles. The van der Waals surface area contributed by atoms with Crippen LogP contribution in [0.15, 0.2) is 22.7 Å². The molecule has 0 N–H and O–H groups in total. The highest BCUT2D eigenvalue weighted by atomic mass is 79.9. The Morgan fingerprint density at radius 1 is 1.29 bits per heavy atom. The third-order valence-corrected chi connectivity index (χ3v) is 6.37. The Bertz CT molecular complexity index is 820. The summed E-state index contributed by atoms with van der Waals surface area (Å²) in [5, 5.41) is 0.548. The fourth-order valence-corrected chi connectivity index (χ4v) is 3.84. The van der Waals surface area contributed by atoms with Crippen LogP contribution in [-0.2, 0) is 16.2 Å². The van der Waals surface area contributed by atoms with E-state index in [4.69, 9.17) is 14.2 Å². The van der Waals surface area contributed by atoms with Gasteiger partial charge in [0, 0.05) is 20.1 Å². The van der Waals surface area contributed by atoms with Crippen molar-refractivity contribution < 1.29 is 27.8 Å². The quantitative estimate of drug-likeness (QED) is 0.256. The first-order valence-electron chi connectivity index (χ1n) is 9.11. The van der Waals surface area contributed by atoms with Crippen LogP contribution in [0.25, 0.3) is 10.9 Å². The number of ether oxygens (including phenoxy) is 3. The molecule has 0 amide bonds. The summed E-state index contributed by atoms with van der Waals surface area (Å²) < 4.78 is 43.7. The smallest absolute Gasteiger partial charge is 0.355 e. The summed E-state index contributed by atoms with van der Waals surface area (Å²) in [7, 11) is -1.24. The van der Waals surface area contributed by atoms with Gasteiger partial charge in [0.25, 0.3) is 6.43 Å². The van der Waals surface area contributed by atoms with E-state index in [0.717, 1.165) is 6.04 Å². The van der Waals surface area contributed by atoms with Crippen molar-refractivity contribution in [3.05, 3.63) is 28.4 Å². The molecule has 0 aliphatic heterocycles. The van der Waals surface area contributed by atoms with E-state index in [1.807, 2.05) is 0 Å². The van der Waals surface area contributed by atoms with Gasteiger partial charge in [0.15, 0.2) is 0 Å². The molecule has 0 spiro atoms. The molecular formula is C19H26BrF2NO4Si. The minimum atomic E-state index is -2.60. The molecule has 2 aromatic rings. The van der Waals surface area contributed by atoms with E-state index in [2.05, 4.69) is 35.6 Å². The highest BCUT2D eigenvalue weighted by Crippen LogP contribution is 2.36. The van der Waals surface area contributed by atoms with Crippen molar-refractivity contribution >= 4 is 40.9 Å². The third kappa shape index (κ3) is 6.02. The lowest BCUT2D eigenvalue weighted by Gasteiger charge is -2.17. The number of nitrogens with zero attached hydrogens (tertiary/aromatic N) is 1. The van der Waals surface area contributed by atoms with Crippen molar-refractivity contribution in [3.8, 4) is 5.75 Å². The molecule has 1 heterocycles. The van der Waals surface area contributed by atoms with Crippen molar-refractivity contribution in [1.29, 1.82) is 0 Å². The van der Waals surface area contributed by atoms with Crippen LogP contribution in [0.5, 0.6) is 5.75 Å². The Hall–Kier alpha value is -1.45. The normalized spacial score (nSPS) is 12.0. The molecule has 0 bridgehead atoms. The number of benzene rings is 1. The zero-order chi connectivity index (χ0) is 20.9. The van der Waals surface area contributed by atoms with Gasteiger partial charge in [-0.15, -0.1) is 0 Å². The number of rotatable bonds is 10. The molecule has 0 aliphatic rings. The minimum Gasteiger partial charge on any atom is -0.486 e. The number of hydrogen-bond acceptors (Lipinski definition) is 4. The first-order valence-corrected chi connectivity index (χ1v) is 13.6.